The molecule has 1 saturated carbocycles. The molecule has 0 bridgehead atoms. The van der Waals surface area contributed by atoms with Gasteiger partial charge in [-0.25, -0.2) is 0 Å². The maximum Gasteiger partial charge on any atom is 0.119 e. The Morgan fingerprint density at radius 2 is 0.652 bits per heavy atom. The van der Waals surface area contributed by atoms with Crippen molar-refractivity contribution in [1.82, 2.24) is 24.5 Å². The number of anilines is 5. The Hall–Kier alpha value is -13.4. The van der Waals surface area contributed by atoms with E-state index in [2.05, 4.69) is 361 Å². The highest BCUT2D eigenvalue weighted by Gasteiger charge is 2.59. The van der Waals surface area contributed by atoms with E-state index in [1.54, 1.807) is 0 Å². The SMILES string of the molecule is CC1=C2c3ccccc3C(c3ccccc3)(c3ccccc3)N2C(C)N1c1ccccc1C.[2H]C([2H])([2H])C1N(c2ccccc2C)C(C)=C2c3ccccc3C(C)(C)N21.[2H]C([2H])([2H])C1N(c2ccccc2C)C(C)=C2c3ccccc3C(C)(C3CCCCC3)N21.[2H]C1([2H])c2ccccc2C2=C(C)N(c3ccccc3C)C(C)N21.[2H]C1(c2ccccc2)c2ccccc2C2=C(C)N(c3ccccc3C)C(C)N21. The predicted octanol–water partition coefficient (Wildman–Crippen LogP) is 29.2. The summed E-state index contributed by atoms with van der Waals surface area (Å²) < 4.78 is 77.9. The lowest BCUT2D eigenvalue weighted by Gasteiger charge is -2.47. The highest BCUT2D eigenvalue weighted by Crippen LogP contribution is 2.63. The zero-order chi connectivity index (χ0) is 99.2. The Kier molecular flexibility index (Phi) is 19.9. The lowest BCUT2D eigenvalue weighted by molar-refractivity contribution is 0.0663. The van der Waals surface area contributed by atoms with E-state index >= 15 is 0 Å². The molecule has 0 aromatic heterocycles. The summed E-state index contributed by atoms with van der Waals surface area (Å²) in [5, 5.41) is 0. The molecule has 10 heteroatoms. The van der Waals surface area contributed by atoms with Crippen LogP contribution in [0, 0.1) is 40.5 Å². The molecule has 10 heterocycles. The molecular weight excluding hydrogens is 1610 g/mol. The maximum absolute atomic E-state index is 9.72. The highest BCUT2D eigenvalue weighted by molar-refractivity contribution is 5.89. The molecule has 0 saturated heterocycles. The summed E-state index contributed by atoms with van der Waals surface area (Å²) >= 11 is 0. The normalized spacial score (nSPS) is 23.8. The quantitative estimate of drug-likeness (QED) is 0.139. The van der Waals surface area contributed by atoms with Crippen molar-refractivity contribution in [2.75, 3.05) is 24.5 Å². The van der Waals surface area contributed by atoms with Crippen LogP contribution in [0.15, 0.2) is 362 Å². The van der Waals surface area contributed by atoms with Crippen molar-refractivity contribution < 1.29 is 12.3 Å². The smallest absolute Gasteiger partial charge is 0.119 e. The van der Waals surface area contributed by atoms with Gasteiger partial charge in [-0.1, -0.05) is 323 Å². The molecular formula is C122H128N10. The first-order chi connectivity index (χ1) is 67.6. The van der Waals surface area contributed by atoms with E-state index in [-0.39, 0.29) is 29.6 Å². The van der Waals surface area contributed by atoms with Crippen LogP contribution in [-0.4, -0.2) is 55.3 Å². The third-order valence-electron chi connectivity index (χ3n) is 30.4. The van der Waals surface area contributed by atoms with E-state index in [4.69, 9.17) is 11.0 Å². The number of hydrogen-bond donors (Lipinski definition) is 0. The molecule has 0 spiro atoms. The molecule has 13 aromatic carbocycles. The number of fused-ring (bicyclic) bond motifs is 15. The van der Waals surface area contributed by atoms with Crippen molar-refractivity contribution in [2.24, 2.45) is 5.92 Å². The first-order valence-corrected chi connectivity index (χ1v) is 47.5. The van der Waals surface area contributed by atoms with Crippen molar-refractivity contribution in [3.05, 3.63) is 462 Å². The lowest BCUT2D eigenvalue weighted by atomic mass is 9.72. The number of hydrogen-bond acceptors (Lipinski definition) is 10. The zero-order valence-electron chi connectivity index (χ0n) is 88.2. The van der Waals surface area contributed by atoms with Crippen LogP contribution < -0.4 is 24.5 Å². The van der Waals surface area contributed by atoms with Gasteiger partial charge in [0, 0.05) is 99.5 Å². The van der Waals surface area contributed by atoms with Gasteiger partial charge >= 0.3 is 0 Å². The zero-order valence-corrected chi connectivity index (χ0v) is 79.2. The van der Waals surface area contributed by atoms with Crippen LogP contribution in [0.4, 0.5) is 28.4 Å². The highest BCUT2D eigenvalue weighted by atomic mass is 15.5. The molecule has 7 unspecified atom stereocenters. The second kappa shape index (κ2) is 34.4. The summed E-state index contributed by atoms with van der Waals surface area (Å²) in [5.41, 5.74) is 36.9. The number of nitrogens with zero attached hydrogens (tertiary/aromatic N) is 10. The summed E-state index contributed by atoms with van der Waals surface area (Å²) in [5.74, 6) is 0.453. The van der Waals surface area contributed by atoms with Crippen molar-refractivity contribution in [3.8, 4) is 0 Å². The van der Waals surface area contributed by atoms with E-state index in [9.17, 15) is 1.37 Å². The number of para-hydroxylation sites is 5. The average Bonchev–Trinajstić information content (AvgIpc) is 1.52. The Balaban J connectivity index is 0.000000109. The van der Waals surface area contributed by atoms with Gasteiger partial charge in [-0.2, -0.15) is 0 Å². The Morgan fingerprint density at radius 1 is 0.303 bits per heavy atom. The Morgan fingerprint density at radius 3 is 1.14 bits per heavy atom. The van der Waals surface area contributed by atoms with Gasteiger partial charge in [-0.15, -0.1) is 0 Å². The minimum absolute atomic E-state index is 0.0428. The molecule has 24 rings (SSSR count). The van der Waals surface area contributed by atoms with Crippen LogP contribution in [0.2, 0.25) is 0 Å². The van der Waals surface area contributed by atoms with Gasteiger partial charge in [-0.05, 0) is 246 Å². The average molecular weight is 1740 g/mol. The fourth-order valence-corrected chi connectivity index (χ4v) is 24.3. The fraction of sp³-hybridized carbons (Fsp3) is 0.279. The molecule has 1 fully saturated rings. The first kappa shape index (κ1) is 76.3. The molecule has 1 aliphatic carbocycles. The van der Waals surface area contributed by atoms with Crippen LogP contribution in [0.5, 0.6) is 0 Å². The largest absolute Gasteiger partial charge is 0.345 e. The summed E-state index contributed by atoms with van der Waals surface area (Å²) in [6.07, 6.45) is 4.76. The second-order valence-corrected chi connectivity index (χ2v) is 38.0. The van der Waals surface area contributed by atoms with Crippen molar-refractivity contribution >= 4 is 56.9 Å². The van der Waals surface area contributed by atoms with Gasteiger partial charge in [0.15, 0.2) is 0 Å². The minimum Gasteiger partial charge on any atom is -0.345 e. The van der Waals surface area contributed by atoms with E-state index in [1.807, 2.05) is 133 Å². The molecule has 0 amide bonds. The van der Waals surface area contributed by atoms with E-state index in [1.165, 1.54) is 115 Å². The molecule has 132 heavy (non-hydrogen) atoms. The number of rotatable bonds is 9. The van der Waals surface area contributed by atoms with Crippen molar-refractivity contribution in [1.29, 1.82) is 0 Å². The van der Waals surface area contributed by atoms with E-state index in [0.717, 1.165) is 103 Å². The summed E-state index contributed by atoms with van der Waals surface area (Å²) in [4.78, 5) is 22.5. The van der Waals surface area contributed by atoms with Gasteiger partial charge in [0.2, 0.25) is 0 Å². The number of aryl methyl sites for hydroxylation is 5. The van der Waals surface area contributed by atoms with E-state index < -0.39 is 44.1 Å². The number of benzene rings is 13. The van der Waals surface area contributed by atoms with Crippen LogP contribution in [0.1, 0.15) is 240 Å². The molecule has 7 atom stereocenters. The maximum atomic E-state index is 9.72. The van der Waals surface area contributed by atoms with Gasteiger partial charge < -0.3 is 49.0 Å². The van der Waals surface area contributed by atoms with Crippen LogP contribution >= 0.6 is 0 Å². The van der Waals surface area contributed by atoms with Gasteiger partial charge in [0.05, 0.1) is 49.7 Å². The van der Waals surface area contributed by atoms with Crippen molar-refractivity contribution in [2.45, 2.75) is 217 Å². The third-order valence-corrected chi connectivity index (χ3v) is 30.4. The predicted molar refractivity (Wildman–Crippen MR) is 552 cm³/mol. The summed E-state index contributed by atoms with van der Waals surface area (Å²) in [6.45, 7) is 28.7. The number of allylic oxidation sites excluding steroid dienone is 5. The van der Waals surface area contributed by atoms with Gasteiger partial charge in [0.1, 0.15) is 36.4 Å². The summed E-state index contributed by atoms with van der Waals surface area (Å²) in [7, 11) is 0. The second-order valence-electron chi connectivity index (χ2n) is 38.0. The molecule has 0 radical (unpaired) electrons. The monoisotopic (exact) mass is 1740 g/mol. The minimum atomic E-state index is -2.15. The molecule has 10 aliphatic heterocycles. The van der Waals surface area contributed by atoms with Gasteiger partial charge in [-0.3, -0.25) is 0 Å². The van der Waals surface area contributed by atoms with Crippen molar-refractivity contribution in [3.63, 3.8) is 0 Å². The molecule has 0 N–H and O–H groups in total. The molecule has 10 nitrogen and oxygen atoms in total. The lowest BCUT2D eigenvalue weighted by Crippen LogP contribution is -2.51. The Labute approximate surface area is 798 Å². The fourth-order valence-electron chi connectivity index (χ4n) is 24.3. The third kappa shape index (κ3) is 13.6. The first-order valence-electron chi connectivity index (χ1n) is 52.0. The van der Waals surface area contributed by atoms with Crippen LogP contribution in [0.25, 0.3) is 28.5 Å². The molecule has 13 aromatic rings. The topological polar surface area (TPSA) is 32.4 Å². The summed E-state index contributed by atoms with van der Waals surface area (Å²) in [6, 6.07) is 115. The molecule has 666 valence electrons. The van der Waals surface area contributed by atoms with Crippen LogP contribution in [-0.2, 0) is 23.1 Å². The molecule has 11 aliphatic rings. The Bertz CT molecular complexity index is 7130. The van der Waals surface area contributed by atoms with Crippen LogP contribution in [0.3, 0.4) is 0 Å². The van der Waals surface area contributed by atoms with Gasteiger partial charge in [0.25, 0.3) is 0 Å². The van der Waals surface area contributed by atoms with E-state index in [0.29, 0.717) is 5.92 Å². The standard InChI is InChI=1S/C31H28N2.C26H32N2.C25H24N2.C21H24N2.C19H20N2/c1-22-14-10-13-21-29(22)32-23(2)30-27-19-11-12-20-28(27)31(33(30)24(32)3,25-15-6-4-7-16-25)26-17-8-5-9-18-26;1-18-12-8-11-17-24(18)27-19(2)25-22-15-9-10-16-23(22)26(4,28(25)20(27)3)21-13-6-5-7-14-21;1-17-11-7-10-16-23(17)26-18(2)24-21-14-8-9-15-22(21)25(27(24)19(26)3)20-12-5-4-6-13-20;1-14-10-6-9-13-19(14)22-15(2)20-17-11-7-8-12-18(17)21(4,5)23(20)16(22)3;1-13-8-4-7-11-18(13)21-14(2)19-17-10-6-5-9-16(17)12-20(19)15(21)3/h4-21,24H,1-3H3;8-12,15-17,20-21H,5-7,13-14H2,1-4H3;4-16,19,25H,1-3H3;6-13,16H,1-5H3;4-11,15H,12H2,1-3H3/i;3D3;25D;3D3;12D2.